The minimum absolute atomic E-state index is 0.0836. The minimum Gasteiger partial charge on any atom is -0.409 e. The zero-order chi connectivity index (χ0) is 14.5. The molecule has 0 heterocycles. The Labute approximate surface area is 125 Å². The van der Waals surface area contributed by atoms with Crippen LogP contribution in [0.2, 0.25) is 5.02 Å². The van der Waals surface area contributed by atoms with Crippen LogP contribution in [0.5, 0.6) is 0 Å². The molecule has 1 aliphatic rings. The molecule has 1 aromatic rings. The number of nitrogens with two attached hydrogens (primary N) is 1. The summed E-state index contributed by atoms with van der Waals surface area (Å²) in [5.41, 5.74) is 7.29. The molecule has 0 atom stereocenters. The molecule has 1 aromatic carbocycles. The fraction of sp³-hybridized carbons (Fsp3) is 0.533. The zero-order valence-electron chi connectivity index (χ0n) is 11.8. The summed E-state index contributed by atoms with van der Waals surface area (Å²) in [4.78, 5) is 2.42. The molecule has 3 N–H and O–H groups in total. The fourth-order valence-corrected chi connectivity index (χ4v) is 2.72. The van der Waals surface area contributed by atoms with Crippen LogP contribution in [0.1, 0.15) is 37.3 Å². The molecular weight excluding hydrogens is 274 g/mol. The van der Waals surface area contributed by atoms with Crippen molar-refractivity contribution < 1.29 is 5.21 Å². The van der Waals surface area contributed by atoms with Crippen molar-refractivity contribution in [3.8, 4) is 0 Å². The number of nitrogens with zero attached hydrogens (tertiary/aromatic N) is 2. The molecule has 0 saturated heterocycles. The molecule has 0 spiro atoms. The molecule has 20 heavy (non-hydrogen) atoms. The van der Waals surface area contributed by atoms with E-state index < -0.39 is 0 Å². The summed E-state index contributed by atoms with van der Waals surface area (Å²) in [7, 11) is 0. The highest BCUT2D eigenvalue weighted by molar-refractivity contribution is 6.31. The molecule has 0 radical (unpaired) electrons. The standard InChI is InChI=1S/C15H22ClN3O/c1-2-19(9-11-4-3-5-11)10-13-7-6-12(8-14(13)16)15(17)18-20/h6-8,11,20H,2-5,9-10H2,1H3,(H2,17,18). The van der Waals surface area contributed by atoms with Gasteiger partial charge in [-0.15, -0.1) is 0 Å². The molecule has 0 aromatic heterocycles. The monoisotopic (exact) mass is 295 g/mol. The van der Waals surface area contributed by atoms with Crippen LogP contribution in [0.3, 0.4) is 0 Å². The van der Waals surface area contributed by atoms with Gasteiger partial charge in [0.25, 0.3) is 0 Å². The lowest BCUT2D eigenvalue weighted by Crippen LogP contribution is -2.32. The first-order valence-electron chi connectivity index (χ1n) is 7.12. The molecule has 0 aliphatic heterocycles. The van der Waals surface area contributed by atoms with Crippen molar-refractivity contribution in [2.45, 2.75) is 32.7 Å². The zero-order valence-corrected chi connectivity index (χ0v) is 12.6. The maximum atomic E-state index is 8.68. The number of hydrogen-bond acceptors (Lipinski definition) is 3. The second-order valence-corrected chi connectivity index (χ2v) is 5.82. The van der Waals surface area contributed by atoms with Gasteiger partial charge in [0, 0.05) is 23.7 Å². The van der Waals surface area contributed by atoms with Crippen LogP contribution < -0.4 is 5.73 Å². The van der Waals surface area contributed by atoms with Gasteiger partial charge in [0.2, 0.25) is 0 Å². The van der Waals surface area contributed by atoms with Crippen LogP contribution in [0.25, 0.3) is 0 Å². The molecule has 4 nitrogen and oxygen atoms in total. The molecule has 2 rings (SSSR count). The normalized spacial score (nSPS) is 16.4. The van der Waals surface area contributed by atoms with E-state index in [1.165, 1.54) is 19.3 Å². The van der Waals surface area contributed by atoms with Crippen molar-refractivity contribution >= 4 is 17.4 Å². The molecule has 1 fully saturated rings. The molecule has 0 amide bonds. The smallest absolute Gasteiger partial charge is 0.170 e. The molecule has 0 unspecified atom stereocenters. The van der Waals surface area contributed by atoms with Gasteiger partial charge < -0.3 is 10.9 Å². The van der Waals surface area contributed by atoms with Crippen molar-refractivity contribution in [2.75, 3.05) is 13.1 Å². The average Bonchev–Trinajstić information content (AvgIpc) is 2.42. The van der Waals surface area contributed by atoms with Crippen LogP contribution >= 0.6 is 11.6 Å². The van der Waals surface area contributed by atoms with Crippen LogP contribution in [0.4, 0.5) is 0 Å². The predicted octanol–water partition coefficient (Wildman–Crippen LogP) is 3.06. The van der Waals surface area contributed by atoms with E-state index in [1.807, 2.05) is 12.1 Å². The Kier molecular flexibility index (Phi) is 5.26. The Hall–Kier alpha value is -1.26. The second kappa shape index (κ2) is 6.95. The Morgan fingerprint density at radius 2 is 2.25 bits per heavy atom. The number of oxime groups is 1. The maximum Gasteiger partial charge on any atom is 0.170 e. The average molecular weight is 296 g/mol. The van der Waals surface area contributed by atoms with Gasteiger partial charge in [-0.2, -0.15) is 0 Å². The fourth-order valence-electron chi connectivity index (χ4n) is 2.48. The molecule has 1 saturated carbocycles. The van der Waals surface area contributed by atoms with E-state index in [2.05, 4.69) is 17.0 Å². The van der Waals surface area contributed by atoms with E-state index in [9.17, 15) is 0 Å². The number of hydrogen-bond donors (Lipinski definition) is 2. The van der Waals surface area contributed by atoms with Crippen LogP contribution in [-0.2, 0) is 6.54 Å². The number of benzene rings is 1. The second-order valence-electron chi connectivity index (χ2n) is 5.42. The quantitative estimate of drug-likeness (QED) is 0.367. The summed E-state index contributed by atoms with van der Waals surface area (Å²) < 4.78 is 0. The van der Waals surface area contributed by atoms with E-state index in [0.717, 1.165) is 31.1 Å². The van der Waals surface area contributed by atoms with Gasteiger partial charge in [-0.3, -0.25) is 4.90 Å². The van der Waals surface area contributed by atoms with E-state index in [-0.39, 0.29) is 5.84 Å². The molecule has 5 heteroatoms. The van der Waals surface area contributed by atoms with Crippen LogP contribution in [-0.4, -0.2) is 29.0 Å². The first-order chi connectivity index (χ1) is 9.63. The lowest BCUT2D eigenvalue weighted by Gasteiger charge is -2.32. The van der Waals surface area contributed by atoms with Gasteiger partial charge >= 0.3 is 0 Å². The predicted molar refractivity (Wildman–Crippen MR) is 82.3 cm³/mol. The summed E-state index contributed by atoms with van der Waals surface area (Å²) in [6, 6.07) is 5.55. The SMILES string of the molecule is CCN(Cc1ccc(/C(N)=N/O)cc1Cl)CC1CCC1. The van der Waals surface area contributed by atoms with Crippen molar-refractivity contribution in [1.82, 2.24) is 4.90 Å². The van der Waals surface area contributed by atoms with Gasteiger partial charge in [-0.25, -0.2) is 0 Å². The molecule has 1 aliphatic carbocycles. The molecule has 0 bridgehead atoms. The number of amidine groups is 1. The Balaban J connectivity index is 2.03. The van der Waals surface area contributed by atoms with E-state index in [0.29, 0.717) is 10.6 Å². The molecular formula is C15H22ClN3O. The van der Waals surface area contributed by atoms with E-state index >= 15 is 0 Å². The number of halogens is 1. The van der Waals surface area contributed by atoms with E-state index in [1.54, 1.807) is 6.07 Å². The highest BCUT2D eigenvalue weighted by Gasteiger charge is 2.20. The lowest BCUT2D eigenvalue weighted by atomic mass is 9.85. The van der Waals surface area contributed by atoms with Crippen molar-refractivity contribution in [3.63, 3.8) is 0 Å². The largest absolute Gasteiger partial charge is 0.409 e. The van der Waals surface area contributed by atoms with Gasteiger partial charge in [0.05, 0.1) is 0 Å². The summed E-state index contributed by atoms with van der Waals surface area (Å²) in [5.74, 6) is 0.936. The van der Waals surface area contributed by atoms with Crippen molar-refractivity contribution in [3.05, 3.63) is 34.3 Å². The highest BCUT2D eigenvalue weighted by Crippen LogP contribution is 2.28. The van der Waals surface area contributed by atoms with Crippen molar-refractivity contribution in [2.24, 2.45) is 16.8 Å². The van der Waals surface area contributed by atoms with Crippen LogP contribution in [0, 0.1) is 5.92 Å². The number of rotatable bonds is 6. The van der Waals surface area contributed by atoms with Gasteiger partial charge in [0.1, 0.15) is 0 Å². The Bertz CT molecular complexity index is 486. The Morgan fingerprint density at radius 1 is 1.50 bits per heavy atom. The topological polar surface area (TPSA) is 61.8 Å². The highest BCUT2D eigenvalue weighted by atomic mass is 35.5. The maximum absolute atomic E-state index is 8.68. The summed E-state index contributed by atoms with van der Waals surface area (Å²) in [5, 5.41) is 12.3. The van der Waals surface area contributed by atoms with E-state index in [4.69, 9.17) is 22.5 Å². The summed E-state index contributed by atoms with van der Waals surface area (Å²) in [6.45, 7) is 5.20. The minimum atomic E-state index is 0.0836. The van der Waals surface area contributed by atoms with Crippen LogP contribution in [0.15, 0.2) is 23.4 Å². The van der Waals surface area contributed by atoms with Gasteiger partial charge in [0.15, 0.2) is 5.84 Å². The third-order valence-electron chi connectivity index (χ3n) is 4.04. The Morgan fingerprint density at radius 3 is 2.75 bits per heavy atom. The van der Waals surface area contributed by atoms with Crippen molar-refractivity contribution in [1.29, 1.82) is 0 Å². The van der Waals surface area contributed by atoms with Gasteiger partial charge in [-0.1, -0.05) is 42.2 Å². The van der Waals surface area contributed by atoms with Gasteiger partial charge in [-0.05, 0) is 36.9 Å². The first-order valence-corrected chi connectivity index (χ1v) is 7.50. The third-order valence-corrected chi connectivity index (χ3v) is 4.39. The summed E-state index contributed by atoms with van der Waals surface area (Å²) in [6.07, 6.45) is 4.08. The lowest BCUT2D eigenvalue weighted by molar-refractivity contribution is 0.178. The third kappa shape index (κ3) is 3.64. The summed E-state index contributed by atoms with van der Waals surface area (Å²) >= 11 is 6.30. The molecule has 110 valence electrons. The first kappa shape index (κ1) is 15.1.